The summed E-state index contributed by atoms with van der Waals surface area (Å²) in [5.74, 6) is -0.941. The summed E-state index contributed by atoms with van der Waals surface area (Å²) in [5.41, 5.74) is 4.78. The number of hydrogen-bond acceptors (Lipinski definition) is 3. The molecule has 1 aromatic carbocycles. The number of amides is 1. The van der Waals surface area contributed by atoms with Crippen molar-refractivity contribution in [3.8, 4) is 0 Å². The maximum Gasteiger partial charge on any atom is 0.338 e. The molecule has 0 spiro atoms. The standard InChI is InChI=1S/C12H15NO3/c1-12(2,11(13)15)8-16-10(14)9-6-4-3-5-7-9/h3-7H,8H2,1-2H3,(H2,13,15). The average Bonchev–Trinajstić information content (AvgIpc) is 2.27. The van der Waals surface area contributed by atoms with Crippen molar-refractivity contribution in [2.75, 3.05) is 6.61 Å². The summed E-state index contributed by atoms with van der Waals surface area (Å²) in [6, 6.07) is 8.61. The van der Waals surface area contributed by atoms with Crippen LogP contribution in [0.3, 0.4) is 0 Å². The molecule has 0 aliphatic heterocycles. The third-order valence-electron chi connectivity index (χ3n) is 2.24. The van der Waals surface area contributed by atoms with E-state index >= 15 is 0 Å². The number of nitrogens with two attached hydrogens (primary N) is 1. The van der Waals surface area contributed by atoms with E-state index in [4.69, 9.17) is 10.5 Å². The molecule has 0 aliphatic carbocycles. The maximum absolute atomic E-state index is 11.5. The molecule has 0 saturated heterocycles. The second-order valence-electron chi connectivity index (χ2n) is 4.19. The predicted octanol–water partition coefficient (Wildman–Crippen LogP) is 1.35. The van der Waals surface area contributed by atoms with Crippen LogP contribution in [0.5, 0.6) is 0 Å². The first-order valence-electron chi connectivity index (χ1n) is 4.95. The number of carbonyl (C=O) groups is 2. The Balaban J connectivity index is 2.58. The average molecular weight is 221 g/mol. The Morgan fingerprint density at radius 3 is 2.31 bits per heavy atom. The normalized spacial score (nSPS) is 10.9. The molecule has 0 fully saturated rings. The lowest BCUT2D eigenvalue weighted by Crippen LogP contribution is -2.36. The van der Waals surface area contributed by atoms with Crippen molar-refractivity contribution in [1.82, 2.24) is 0 Å². The Morgan fingerprint density at radius 2 is 1.81 bits per heavy atom. The summed E-state index contributed by atoms with van der Waals surface area (Å²) in [6.45, 7) is 3.25. The van der Waals surface area contributed by atoms with Gasteiger partial charge in [0.05, 0.1) is 11.0 Å². The van der Waals surface area contributed by atoms with E-state index in [1.54, 1.807) is 38.1 Å². The van der Waals surface area contributed by atoms with Gasteiger partial charge in [-0.15, -0.1) is 0 Å². The third-order valence-corrected chi connectivity index (χ3v) is 2.24. The van der Waals surface area contributed by atoms with Crippen LogP contribution in [-0.2, 0) is 9.53 Å². The molecule has 0 saturated carbocycles. The molecule has 1 rings (SSSR count). The quantitative estimate of drug-likeness (QED) is 0.780. The highest BCUT2D eigenvalue weighted by atomic mass is 16.5. The number of rotatable bonds is 4. The van der Waals surface area contributed by atoms with E-state index in [0.29, 0.717) is 5.56 Å². The second-order valence-corrected chi connectivity index (χ2v) is 4.19. The molecule has 2 N–H and O–H groups in total. The van der Waals surface area contributed by atoms with Crippen molar-refractivity contribution < 1.29 is 14.3 Å². The van der Waals surface area contributed by atoms with Crippen molar-refractivity contribution in [2.24, 2.45) is 11.1 Å². The van der Waals surface area contributed by atoms with E-state index in [0.717, 1.165) is 0 Å². The Bertz CT molecular complexity index is 385. The smallest absolute Gasteiger partial charge is 0.338 e. The van der Waals surface area contributed by atoms with Gasteiger partial charge in [-0.05, 0) is 26.0 Å². The molecule has 0 radical (unpaired) electrons. The van der Waals surface area contributed by atoms with Gasteiger partial charge >= 0.3 is 5.97 Å². The van der Waals surface area contributed by atoms with Crippen LogP contribution in [0.15, 0.2) is 30.3 Å². The van der Waals surface area contributed by atoms with E-state index in [2.05, 4.69) is 0 Å². The number of primary amides is 1. The number of esters is 1. The van der Waals surface area contributed by atoms with Crippen molar-refractivity contribution in [2.45, 2.75) is 13.8 Å². The van der Waals surface area contributed by atoms with Crippen LogP contribution < -0.4 is 5.73 Å². The molecule has 0 aromatic heterocycles. The molecule has 1 amide bonds. The minimum absolute atomic E-state index is 0.0178. The predicted molar refractivity (Wildman–Crippen MR) is 59.7 cm³/mol. The minimum atomic E-state index is -0.843. The van der Waals surface area contributed by atoms with Gasteiger partial charge in [0, 0.05) is 0 Å². The highest BCUT2D eigenvalue weighted by molar-refractivity contribution is 5.89. The molecule has 0 unspecified atom stereocenters. The van der Waals surface area contributed by atoms with Crippen molar-refractivity contribution >= 4 is 11.9 Å². The fourth-order valence-corrected chi connectivity index (χ4v) is 0.975. The summed E-state index contributed by atoms with van der Waals surface area (Å²) in [7, 11) is 0. The Labute approximate surface area is 94.4 Å². The lowest BCUT2D eigenvalue weighted by Gasteiger charge is -2.19. The van der Waals surface area contributed by atoms with Crippen molar-refractivity contribution in [3.05, 3.63) is 35.9 Å². The fourth-order valence-electron chi connectivity index (χ4n) is 0.975. The van der Waals surface area contributed by atoms with E-state index in [1.807, 2.05) is 6.07 Å². The van der Waals surface area contributed by atoms with E-state index in [1.165, 1.54) is 0 Å². The lowest BCUT2D eigenvalue weighted by molar-refractivity contribution is -0.127. The SMILES string of the molecule is CC(C)(COC(=O)c1ccccc1)C(N)=O. The molecule has 0 aliphatic rings. The van der Waals surface area contributed by atoms with E-state index < -0.39 is 17.3 Å². The van der Waals surface area contributed by atoms with Crippen LogP contribution in [-0.4, -0.2) is 18.5 Å². The third kappa shape index (κ3) is 3.08. The number of carbonyl (C=O) groups excluding carboxylic acids is 2. The summed E-state index contributed by atoms with van der Waals surface area (Å²) in [6.07, 6.45) is 0. The Hall–Kier alpha value is -1.84. The van der Waals surface area contributed by atoms with Gasteiger partial charge in [0.25, 0.3) is 0 Å². The first-order valence-corrected chi connectivity index (χ1v) is 4.95. The molecular weight excluding hydrogens is 206 g/mol. The van der Waals surface area contributed by atoms with Gasteiger partial charge < -0.3 is 10.5 Å². The molecule has 0 bridgehead atoms. The largest absolute Gasteiger partial charge is 0.461 e. The highest BCUT2D eigenvalue weighted by Gasteiger charge is 2.27. The van der Waals surface area contributed by atoms with Crippen LogP contribution >= 0.6 is 0 Å². The molecule has 86 valence electrons. The van der Waals surface area contributed by atoms with Crippen LogP contribution in [0.1, 0.15) is 24.2 Å². The topological polar surface area (TPSA) is 69.4 Å². The van der Waals surface area contributed by atoms with Crippen molar-refractivity contribution in [1.29, 1.82) is 0 Å². The van der Waals surface area contributed by atoms with Crippen LogP contribution in [0, 0.1) is 5.41 Å². The zero-order chi connectivity index (χ0) is 12.2. The monoisotopic (exact) mass is 221 g/mol. The van der Waals surface area contributed by atoms with Crippen molar-refractivity contribution in [3.63, 3.8) is 0 Å². The molecule has 1 aromatic rings. The maximum atomic E-state index is 11.5. The number of hydrogen-bond donors (Lipinski definition) is 1. The molecule has 16 heavy (non-hydrogen) atoms. The highest BCUT2D eigenvalue weighted by Crippen LogP contribution is 2.15. The first-order chi connectivity index (χ1) is 7.43. The van der Waals surface area contributed by atoms with Crippen LogP contribution in [0.25, 0.3) is 0 Å². The Morgan fingerprint density at radius 1 is 1.25 bits per heavy atom. The van der Waals surface area contributed by atoms with Gasteiger partial charge in [0.15, 0.2) is 0 Å². The fraction of sp³-hybridized carbons (Fsp3) is 0.333. The van der Waals surface area contributed by atoms with Gasteiger partial charge in [0.2, 0.25) is 5.91 Å². The summed E-state index contributed by atoms with van der Waals surface area (Å²) < 4.78 is 5.01. The summed E-state index contributed by atoms with van der Waals surface area (Å²) in [4.78, 5) is 22.5. The number of ether oxygens (including phenoxy) is 1. The van der Waals surface area contributed by atoms with E-state index in [-0.39, 0.29) is 6.61 Å². The van der Waals surface area contributed by atoms with Gasteiger partial charge in [0.1, 0.15) is 6.61 Å². The molecule has 4 heteroatoms. The number of benzene rings is 1. The summed E-state index contributed by atoms with van der Waals surface area (Å²) in [5, 5.41) is 0. The molecule has 0 atom stereocenters. The second kappa shape index (κ2) is 4.79. The Kier molecular flexibility index (Phi) is 3.66. The zero-order valence-electron chi connectivity index (χ0n) is 9.40. The first kappa shape index (κ1) is 12.2. The zero-order valence-corrected chi connectivity index (χ0v) is 9.40. The molecule has 4 nitrogen and oxygen atoms in total. The van der Waals surface area contributed by atoms with E-state index in [9.17, 15) is 9.59 Å². The van der Waals surface area contributed by atoms with Crippen LogP contribution in [0.2, 0.25) is 0 Å². The van der Waals surface area contributed by atoms with Gasteiger partial charge in [-0.2, -0.15) is 0 Å². The minimum Gasteiger partial charge on any atom is -0.461 e. The van der Waals surface area contributed by atoms with Gasteiger partial charge in [-0.25, -0.2) is 4.79 Å². The lowest BCUT2D eigenvalue weighted by atomic mass is 9.94. The molecular formula is C12H15NO3. The molecule has 0 heterocycles. The van der Waals surface area contributed by atoms with Gasteiger partial charge in [-0.1, -0.05) is 18.2 Å². The van der Waals surface area contributed by atoms with Gasteiger partial charge in [-0.3, -0.25) is 4.79 Å². The van der Waals surface area contributed by atoms with Crippen LogP contribution in [0.4, 0.5) is 0 Å². The summed E-state index contributed by atoms with van der Waals surface area (Å²) >= 11 is 0.